The molecular weight excluding hydrogens is 234 g/mol. The number of benzene rings is 1. The molecule has 3 rings (SSSR count). The Bertz CT molecular complexity index is 451. The van der Waals surface area contributed by atoms with Gasteiger partial charge in [0.1, 0.15) is 0 Å². The predicted molar refractivity (Wildman–Crippen MR) is 76.9 cm³/mol. The van der Waals surface area contributed by atoms with E-state index in [1.807, 2.05) is 0 Å². The van der Waals surface area contributed by atoms with Gasteiger partial charge in [-0.1, -0.05) is 36.2 Å². The molecule has 102 valence electrons. The Morgan fingerprint density at radius 3 is 2.63 bits per heavy atom. The van der Waals surface area contributed by atoms with E-state index in [4.69, 9.17) is 0 Å². The molecule has 1 N–H and O–H groups in total. The fourth-order valence-corrected chi connectivity index (χ4v) is 3.71. The Kier molecular flexibility index (Phi) is 3.58. The molecule has 1 amide bonds. The molecule has 2 aliphatic carbocycles. The van der Waals surface area contributed by atoms with E-state index in [0.29, 0.717) is 12.5 Å². The molecule has 2 fully saturated rings. The molecule has 1 aromatic carbocycles. The summed E-state index contributed by atoms with van der Waals surface area (Å²) in [6, 6.07) is 8.95. The maximum Gasteiger partial charge on any atom is 0.220 e. The van der Waals surface area contributed by atoms with E-state index in [-0.39, 0.29) is 5.91 Å². The summed E-state index contributed by atoms with van der Waals surface area (Å²) in [5, 5.41) is 3.25. The minimum Gasteiger partial charge on any atom is -0.353 e. The Labute approximate surface area is 115 Å². The van der Waals surface area contributed by atoms with E-state index in [0.717, 1.165) is 18.3 Å². The summed E-state index contributed by atoms with van der Waals surface area (Å²) in [6.45, 7) is 2.09. The fraction of sp³-hybridized carbons (Fsp3) is 0.588. The molecule has 0 saturated heterocycles. The van der Waals surface area contributed by atoms with Crippen LogP contribution >= 0.6 is 0 Å². The maximum atomic E-state index is 12.0. The third kappa shape index (κ3) is 2.99. The van der Waals surface area contributed by atoms with Gasteiger partial charge in [0.2, 0.25) is 5.91 Å². The first-order valence-electron chi connectivity index (χ1n) is 7.55. The van der Waals surface area contributed by atoms with Crippen molar-refractivity contribution >= 4 is 5.91 Å². The highest BCUT2D eigenvalue weighted by atomic mass is 16.1. The van der Waals surface area contributed by atoms with Crippen molar-refractivity contribution in [3.8, 4) is 0 Å². The Hall–Kier alpha value is -1.31. The first-order valence-corrected chi connectivity index (χ1v) is 7.55. The zero-order valence-electron chi connectivity index (χ0n) is 11.7. The molecule has 2 nitrogen and oxygen atoms in total. The predicted octanol–water partition coefficient (Wildman–Crippen LogP) is 3.23. The number of carbonyl (C=O) groups is 1. The zero-order valence-corrected chi connectivity index (χ0v) is 11.7. The summed E-state index contributed by atoms with van der Waals surface area (Å²) in [5.74, 6) is 1.90. The van der Waals surface area contributed by atoms with Crippen LogP contribution in [0.15, 0.2) is 24.3 Å². The maximum absolute atomic E-state index is 12.0. The van der Waals surface area contributed by atoms with Crippen LogP contribution in [0.4, 0.5) is 0 Å². The van der Waals surface area contributed by atoms with E-state index in [1.54, 1.807) is 0 Å². The molecular formula is C17H23NO. The van der Waals surface area contributed by atoms with Gasteiger partial charge < -0.3 is 5.32 Å². The van der Waals surface area contributed by atoms with Gasteiger partial charge in [-0.15, -0.1) is 0 Å². The van der Waals surface area contributed by atoms with Crippen molar-refractivity contribution < 1.29 is 4.79 Å². The average molecular weight is 257 g/mol. The molecule has 2 saturated carbocycles. The third-order valence-corrected chi connectivity index (χ3v) is 4.85. The van der Waals surface area contributed by atoms with E-state index < -0.39 is 0 Å². The second-order valence-corrected chi connectivity index (χ2v) is 6.33. The number of nitrogens with one attached hydrogen (secondary N) is 1. The second-order valence-electron chi connectivity index (χ2n) is 6.33. The van der Waals surface area contributed by atoms with Gasteiger partial charge in [-0.2, -0.15) is 0 Å². The first-order chi connectivity index (χ1) is 9.20. The minimum atomic E-state index is 0.234. The molecule has 0 spiro atoms. The fourth-order valence-electron chi connectivity index (χ4n) is 3.71. The van der Waals surface area contributed by atoms with E-state index >= 15 is 0 Å². The highest BCUT2D eigenvalue weighted by Gasteiger charge is 2.39. The summed E-state index contributed by atoms with van der Waals surface area (Å²) in [6.07, 6.45) is 6.77. The van der Waals surface area contributed by atoms with Gasteiger partial charge in [0.05, 0.1) is 0 Å². The summed E-state index contributed by atoms with van der Waals surface area (Å²) < 4.78 is 0. The van der Waals surface area contributed by atoms with Crippen molar-refractivity contribution in [2.24, 2.45) is 11.8 Å². The minimum absolute atomic E-state index is 0.234. The van der Waals surface area contributed by atoms with Crippen molar-refractivity contribution in [3.05, 3.63) is 35.4 Å². The molecule has 0 aromatic heterocycles. The lowest BCUT2D eigenvalue weighted by atomic mass is 9.95. The van der Waals surface area contributed by atoms with Crippen LogP contribution in [-0.2, 0) is 11.2 Å². The largest absolute Gasteiger partial charge is 0.353 e. The molecule has 0 radical (unpaired) electrons. The molecule has 19 heavy (non-hydrogen) atoms. The average Bonchev–Trinajstić information content (AvgIpc) is 3.00. The van der Waals surface area contributed by atoms with Crippen LogP contribution in [0.25, 0.3) is 0 Å². The number of carbonyl (C=O) groups excluding carboxylic acids is 1. The van der Waals surface area contributed by atoms with E-state index in [2.05, 4.69) is 36.5 Å². The molecule has 2 bridgehead atoms. The normalized spacial score (nSPS) is 28.6. The summed E-state index contributed by atoms with van der Waals surface area (Å²) in [7, 11) is 0. The van der Waals surface area contributed by atoms with E-state index in [1.165, 1.54) is 36.8 Å². The Morgan fingerprint density at radius 2 is 2.00 bits per heavy atom. The van der Waals surface area contributed by atoms with Crippen LogP contribution in [0.3, 0.4) is 0 Å². The van der Waals surface area contributed by atoms with Gasteiger partial charge in [0, 0.05) is 12.5 Å². The van der Waals surface area contributed by atoms with Crippen molar-refractivity contribution in [2.75, 3.05) is 0 Å². The summed E-state index contributed by atoms with van der Waals surface area (Å²) in [5.41, 5.74) is 2.53. The Balaban J connectivity index is 1.45. The Morgan fingerprint density at radius 1 is 1.21 bits per heavy atom. The quantitative estimate of drug-likeness (QED) is 0.881. The van der Waals surface area contributed by atoms with Crippen LogP contribution < -0.4 is 5.32 Å². The standard InChI is InChI=1S/C17H23NO/c1-12-2-4-13(5-3-12)7-9-17(19)18-16-11-14-6-8-15(16)10-14/h2-5,14-16H,6-11H2,1H3,(H,18,19). The first kappa shape index (κ1) is 12.7. The SMILES string of the molecule is Cc1ccc(CCC(=O)NC2CC3CCC2C3)cc1. The summed E-state index contributed by atoms with van der Waals surface area (Å²) in [4.78, 5) is 12.0. The van der Waals surface area contributed by atoms with Gasteiger partial charge in [0.25, 0.3) is 0 Å². The lowest BCUT2D eigenvalue weighted by Crippen LogP contribution is -2.38. The van der Waals surface area contributed by atoms with Crippen molar-refractivity contribution in [2.45, 2.75) is 51.5 Å². The van der Waals surface area contributed by atoms with Gasteiger partial charge in [-0.25, -0.2) is 0 Å². The van der Waals surface area contributed by atoms with Crippen molar-refractivity contribution in [3.63, 3.8) is 0 Å². The zero-order chi connectivity index (χ0) is 13.2. The van der Waals surface area contributed by atoms with Crippen LogP contribution in [-0.4, -0.2) is 11.9 Å². The van der Waals surface area contributed by atoms with Crippen LogP contribution in [0, 0.1) is 18.8 Å². The van der Waals surface area contributed by atoms with Crippen molar-refractivity contribution in [1.82, 2.24) is 5.32 Å². The lowest BCUT2D eigenvalue weighted by Gasteiger charge is -2.22. The number of amides is 1. The summed E-state index contributed by atoms with van der Waals surface area (Å²) >= 11 is 0. The van der Waals surface area contributed by atoms with Gasteiger partial charge in [0.15, 0.2) is 0 Å². The highest BCUT2D eigenvalue weighted by Crippen LogP contribution is 2.44. The molecule has 3 unspecified atom stereocenters. The smallest absolute Gasteiger partial charge is 0.220 e. The molecule has 1 aromatic rings. The van der Waals surface area contributed by atoms with Gasteiger partial charge in [-0.3, -0.25) is 4.79 Å². The topological polar surface area (TPSA) is 29.1 Å². The number of fused-ring (bicyclic) bond motifs is 2. The number of hydrogen-bond donors (Lipinski definition) is 1. The number of hydrogen-bond acceptors (Lipinski definition) is 1. The van der Waals surface area contributed by atoms with Crippen LogP contribution in [0.1, 0.15) is 43.2 Å². The monoisotopic (exact) mass is 257 g/mol. The second kappa shape index (κ2) is 5.36. The third-order valence-electron chi connectivity index (χ3n) is 4.85. The van der Waals surface area contributed by atoms with Crippen molar-refractivity contribution in [1.29, 1.82) is 0 Å². The highest BCUT2D eigenvalue weighted by molar-refractivity contribution is 5.76. The number of rotatable bonds is 4. The van der Waals surface area contributed by atoms with Crippen LogP contribution in [0.5, 0.6) is 0 Å². The van der Waals surface area contributed by atoms with Gasteiger partial charge >= 0.3 is 0 Å². The molecule has 0 heterocycles. The lowest BCUT2D eigenvalue weighted by molar-refractivity contribution is -0.122. The van der Waals surface area contributed by atoms with Gasteiger partial charge in [-0.05, 0) is 50.0 Å². The molecule has 2 heteroatoms. The van der Waals surface area contributed by atoms with Crippen LogP contribution in [0.2, 0.25) is 0 Å². The van der Waals surface area contributed by atoms with E-state index in [9.17, 15) is 4.79 Å². The molecule has 3 atom stereocenters. The number of aryl methyl sites for hydroxylation is 2. The molecule has 2 aliphatic rings. The molecule has 0 aliphatic heterocycles.